The summed E-state index contributed by atoms with van der Waals surface area (Å²) in [6, 6.07) is -0.743. The van der Waals surface area contributed by atoms with Crippen molar-refractivity contribution in [1.29, 1.82) is 0 Å². The first-order valence-corrected chi connectivity index (χ1v) is 12.1. The normalized spacial score (nSPS) is 16.9. The lowest BCUT2D eigenvalue weighted by atomic mass is 10.00. The fraction of sp³-hybridized carbons (Fsp3) is 0.957. The third kappa shape index (κ3) is 18.9. The summed E-state index contributed by atoms with van der Waals surface area (Å²) in [5.74, 6) is 0. The van der Waals surface area contributed by atoms with E-state index in [1.807, 2.05) is 0 Å². The van der Waals surface area contributed by atoms with E-state index in [1.54, 1.807) is 0 Å². The van der Waals surface area contributed by atoms with Gasteiger partial charge in [-0.2, -0.15) is 0 Å². The van der Waals surface area contributed by atoms with E-state index in [2.05, 4.69) is 6.92 Å². The van der Waals surface area contributed by atoms with Gasteiger partial charge in [-0.15, -0.1) is 0 Å². The average molecular weight is 468 g/mol. The number of rotatable bonds is 20. The highest BCUT2D eigenvalue weighted by atomic mass is 16.4. The Hall–Kier alpha value is -0.650. The van der Waals surface area contributed by atoms with Gasteiger partial charge in [0.25, 0.3) is 0 Å². The Labute approximate surface area is 193 Å². The molecule has 0 rings (SSSR count). The summed E-state index contributed by atoms with van der Waals surface area (Å²) in [7, 11) is 0. The van der Waals surface area contributed by atoms with Crippen LogP contribution in [0.4, 0.5) is 0 Å². The highest BCUT2D eigenvalue weighted by Gasteiger charge is 2.23. The van der Waals surface area contributed by atoms with Gasteiger partial charge in [-0.05, 0) is 6.42 Å². The van der Waals surface area contributed by atoms with Gasteiger partial charge in [0.2, 0.25) is 0 Å². The van der Waals surface area contributed by atoms with Crippen molar-refractivity contribution >= 4 is 6.29 Å². The van der Waals surface area contributed by atoms with Crippen LogP contribution in [0.3, 0.4) is 0 Å². The Balaban J connectivity index is 0. The van der Waals surface area contributed by atoms with Gasteiger partial charge in [-0.3, -0.25) is 0 Å². The second kappa shape index (κ2) is 23.5. The van der Waals surface area contributed by atoms with E-state index in [0.29, 0.717) is 6.42 Å². The molecule has 0 aliphatic carbocycles. The first kappa shape index (κ1) is 33.5. The maximum Gasteiger partial charge on any atom is 0.151 e. The molecule has 9 N–H and O–H groups in total. The first-order valence-electron chi connectivity index (χ1n) is 12.1. The minimum atomic E-state index is -1.64. The number of hydrogen-bond donors (Lipinski definition) is 8. The van der Waals surface area contributed by atoms with Crippen LogP contribution in [-0.2, 0) is 4.79 Å². The lowest BCUT2D eigenvalue weighted by Crippen LogP contribution is -2.45. The predicted molar refractivity (Wildman–Crippen MR) is 124 cm³/mol. The quantitative estimate of drug-likeness (QED) is 0.0925. The Kier molecular flexibility index (Phi) is 24.6. The van der Waals surface area contributed by atoms with Gasteiger partial charge in [0.15, 0.2) is 6.29 Å². The van der Waals surface area contributed by atoms with Crippen molar-refractivity contribution < 1.29 is 40.5 Å². The van der Waals surface area contributed by atoms with Crippen LogP contribution < -0.4 is 5.73 Å². The molecule has 0 aliphatic heterocycles. The molecule has 0 saturated carbocycles. The number of hydrogen-bond acceptors (Lipinski definition) is 9. The standard InChI is InChI=1S/C18H39NO3.C5H10O5/c1-2-3-4-5-6-7-8-9-10-11-12-13-14-17(21)18(22)16(19)15-20;6-1-3(8)5(10)4(9)2-7/h16-18,20-22H,2-15,19H2,1H3;1,3-5,7-10H,2H2/t16-,17+,18-;3-,4+,5-/m00/s1. The van der Waals surface area contributed by atoms with Crippen molar-refractivity contribution in [3.63, 3.8) is 0 Å². The van der Waals surface area contributed by atoms with Crippen LogP contribution in [0.5, 0.6) is 0 Å². The molecule has 0 unspecified atom stereocenters. The summed E-state index contributed by atoms with van der Waals surface area (Å²) in [4.78, 5) is 9.76. The summed E-state index contributed by atoms with van der Waals surface area (Å²) in [6.45, 7) is 1.27. The number of nitrogens with two attached hydrogens (primary N) is 1. The van der Waals surface area contributed by atoms with E-state index in [9.17, 15) is 15.0 Å². The molecular weight excluding hydrogens is 418 g/mol. The highest BCUT2D eigenvalue weighted by Crippen LogP contribution is 2.14. The minimum absolute atomic E-state index is 0.0869. The molecule has 0 spiro atoms. The molecule has 6 atom stereocenters. The molecule has 9 nitrogen and oxygen atoms in total. The lowest BCUT2D eigenvalue weighted by molar-refractivity contribution is -0.127. The Morgan fingerprint density at radius 1 is 0.656 bits per heavy atom. The monoisotopic (exact) mass is 467 g/mol. The SMILES string of the molecule is CCCCCCCCCCCCCC[C@@H](O)[C@@H](O)[C@@H](N)CO.O=C[C@H](O)[C@H](O)[C@H](O)CO. The number of carbonyl (C=O) groups excluding carboxylic acids is 1. The maximum absolute atomic E-state index is 9.76. The lowest BCUT2D eigenvalue weighted by Gasteiger charge is -2.22. The molecule has 0 aromatic heterocycles. The number of unbranched alkanes of at least 4 members (excludes halogenated alkanes) is 11. The molecule has 0 aliphatic rings. The zero-order chi connectivity index (χ0) is 24.8. The highest BCUT2D eigenvalue weighted by molar-refractivity contribution is 5.56. The smallest absolute Gasteiger partial charge is 0.151 e. The van der Waals surface area contributed by atoms with Crippen LogP contribution in [0.1, 0.15) is 90.4 Å². The van der Waals surface area contributed by atoms with E-state index in [-0.39, 0.29) is 12.9 Å². The van der Waals surface area contributed by atoms with Crippen molar-refractivity contribution in [3.8, 4) is 0 Å². The number of aliphatic hydroxyl groups is 7. The Morgan fingerprint density at radius 2 is 1.09 bits per heavy atom. The van der Waals surface area contributed by atoms with Crippen molar-refractivity contribution in [3.05, 3.63) is 0 Å². The van der Waals surface area contributed by atoms with Crippen LogP contribution in [0.25, 0.3) is 0 Å². The maximum atomic E-state index is 9.76. The first-order chi connectivity index (χ1) is 15.3. The molecular formula is C23H49NO8. The molecule has 0 heterocycles. The third-order valence-electron chi connectivity index (χ3n) is 5.47. The van der Waals surface area contributed by atoms with E-state index >= 15 is 0 Å². The van der Waals surface area contributed by atoms with Crippen LogP contribution >= 0.6 is 0 Å². The number of carbonyl (C=O) groups is 1. The molecule has 194 valence electrons. The van der Waals surface area contributed by atoms with Crippen molar-refractivity contribution in [2.75, 3.05) is 13.2 Å². The Bertz CT molecular complexity index is 402. The van der Waals surface area contributed by atoms with E-state index in [4.69, 9.17) is 31.3 Å². The van der Waals surface area contributed by atoms with Gasteiger partial charge >= 0.3 is 0 Å². The topological polar surface area (TPSA) is 185 Å². The molecule has 0 radical (unpaired) electrons. The van der Waals surface area contributed by atoms with Crippen molar-refractivity contribution in [2.24, 2.45) is 5.73 Å². The van der Waals surface area contributed by atoms with Gasteiger partial charge in [0.1, 0.15) is 18.3 Å². The van der Waals surface area contributed by atoms with Gasteiger partial charge in [0, 0.05) is 0 Å². The molecule has 0 saturated heterocycles. The largest absolute Gasteiger partial charge is 0.395 e. The van der Waals surface area contributed by atoms with Crippen LogP contribution in [0, 0.1) is 0 Å². The third-order valence-corrected chi connectivity index (χ3v) is 5.47. The zero-order valence-corrected chi connectivity index (χ0v) is 19.8. The van der Waals surface area contributed by atoms with Crippen molar-refractivity contribution in [1.82, 2.24) is 0 Å². The van der Waals surface area contributed by atoms with E-state index in [0.717, 1.165) is 12.8 Å². The average Bonchev–Trinajstić information content (AvgIpc) is 2.82. The van der Waals surface area contributed by atoms with Crippen molar-refractivity contribution in [2.45, 2.75) is 127 Å². The summed E-state index contributed by atoms with van der Waals surface area (Å²) in [5.41, 5.74) is 5.49. The van der Waals surface area contributed by atoms with Gasteiger partial charge in [-0.1, -0.05) is 84.0 Å². The summed E-state index contributed by atoms with van der Waals surface area (Å²) < 4.78 is 0. The summed E-state index contributed by atoms with van der Waals surface area (Å²) in [6.07, 6.45) is 9.46. The molecule has 32 heavy (non-hydrogen) atoms. The van der Waals surface area contributed by atoms with Crippen LogP contribution in [-0.4, -0.2) is 91.8 Å². The molecule has 0 aromatic rings. The summed E-state index contributed by atoms with van der Waals surface area (Å²) >= 11 is 0. The van der Waals surface area contributed by atoms with E-state index < -0.39 is 43.2 Å². The molecule has 9 heteroatoms. The van der Waals surface area contributed by atoms with Gasteiger partial charge < -0.3 is 46.3 Å². The molecule has 0 fully saturated rings. The van der Waals surface area contributed by atoms with Crippen LogP contribution in [0.15, 0.2) is 0 Å². The minimum Gasteiger partial charge on any atom is -0.395 e. The fourth-order valence-electron chi connectivity index (χ4n) is 3.17. The second-order valence-corrected chi connectivity index (χ2v) is 8.45. The summed E-state index contributed by atoms with van der Waals surface area (Å²) in [5, 5.41) is 62.3. The van der Waals surface area contributed by atoms with Crippen LogP contribution in [0.2, 0.25) is 0 Å². The van der Waals surface area contributed by atoms with E-state index in [1.165, 1.54) is 64.2 Å². The van der Waals surface area contributed by atoms with Gasteiger partial charge in [-0.25, -0.2) is 0 Å². The molecule has 0 amide bonds. The second-order valence-electron chi connectivity index (χ2n) is 8.45. The Morgan fingerprint density at radius 3 is 1.47 bits per heavy atom. The molecule has 0 aromatic carbocycles. The number of aldehydes is 1. The molecule has 0 bridgehead atoms. The van der Waals surface area contributed by atoms with Gasteiger partial charge in [0.05, 0.1) is 31.5 Å². The zero-order valence-electron chi connectivity index (χ0n) is 19.8. The predicted octanol–water partition coefficient (Wildman–Crippen LogP) is 0.379. The fourth-order valence-corrected chi connectivity index (χ4v) is 3.17. The number of aliphatic hydroxyl groups excluding tert-OH is 7.